The third kappa shape index (κ3) is 5.77. The predicted octanol–water partition coefficient (Wildman–Crippen LogP) is 0.610. The number of rotatable bonds is 8. The summed E-state index contributed by atoms with van der Waals surface area (Å²) in [6, 6.07) is 0. The molecule has 0 unspecified atom stereocenters. The maximum absolute atomic E-state index is 11.5. The largest absolute Gasteiger partial charge is 0.494 e. The van der Waals surface area contributed by atoms with Crippen molar-refractivity contribution in [2.45, 2.75) is 6.42 Å². The van der Waals surface area contributed by atoms with E-state index in [4.69, 9.17) is 21.7 Å². The normalized spacial score (nSPS) is 11.2. The van der Waals surface area contributed by atoms with Crippen molar-refractivity contribution in [3.05, 3.63) is 20.7 Å². The summed E-state index contributed by atoms with van der Waals surface area (Å²) in [5.41, 5.74) is -0.407. The molecular weight excluding hydrogens is 270 g/mol. The summed E-state index contributed by atoms with van der Waals surface area (Å²) in [5.74, 6) is -0.283. The highest BCUT2D eigenvalue weighted by Crippen LogP contribution is 2.03. The highest BCUT2D eigenvalue weighted by Gasteiger charge is 2.03. The van der Waals surface area contributed by atoms with Crippen molar-refractivity contribution in [1.29, 1.82) is 0 Å². The highest BCUT2D eigenvalue weighted by atomic mass is 32.1. The number of ether oxygens (including phenoxy) is 2. The van der Waals surface area contributed by atoms with E-state index in [0.717, 1.165) is 6.42 Å². The number of nitrogens with zero attached hydrogens (tertiary/aromatic N) is 1. The molecule has 0 saturated heterocycles. The van der Waals surface area contributed by atoms with Crippen molar-refractivity contribution in [2.24, 2.45) is 4.99 Å². The first kappa shape index (κ1) is 15.5. The van der Waals surface area contributed by atoms with E-state index in [0.29, 0.717) is 26.4 Å². The number of methoxy groups -OCH3 is 1. The van der Waals surface area contributed by atoms with Crippen molar-refractivity contribution >= 4 is 18.4 Å². The van der Waals surface area contributed by atoms with Crippen LogP contribution in [0, 0.1) is 4.77 Å². The molecule has 19 heavy (non-hydrogen) atoms. The molecule has 0 fully saturated rings. The van der Waals surface area contributed by atoms with E-state index in [2.05, 4.69) is 15.0 Å². The number of hydrogen-bond acceptors (Lipinski definition) is 6. The van der Waals surface area contributed by atoms with E-state index in [1.54, 1.807) is 7.11 Å². The number of aromatic amines is 2. The van der Waals surface area contributed by atoms with Gasteiger partial charge in [0.2, 0.25) is 5.88 Å². The van der Waals surface area contributed by atoms with Gasteiger partial charge in [-0.2, -0.15) is 0 Å². The lowest BCUT2D eigenvalue weighted by atomic mass is 10.3. The summed E-state index contributed by atoms with van der Waals surface area (Å²) in [4.78, 5) is 20.3. The average Bonchev–Trinajstić information content (AvgIpc) is 2.35. The van der Waals surface area contributed by atoms with Crippen LogP contribution < -0.4 is 5.56 Å². The minimum atomic E-state index is -0.471. The van der Waals surface area contributed by atoms with Crippen LogP contribution in [0.5, 0.6) is 5.88 Å². The molecule has 7 nitrogen and oxygen atoms in total. The lowest BCUT2D eigenvalue weighted by molar-refractivity contribution is 0.0703. The molecule has 0 saturated carbocycles. The summed E-state index contributed by atoms with van der Waals surface area (Å²) in [6.45, 7) is 2.19. The molecule has 0 aliphatic rings. The van der Waals surface area contributed by atoms with Crippen LogP contribution in [0.3, 0.4) is 0 Å². The van der Waals surface area contributed by atoms with Gasteiger partial charge in [-0.15, -0.1) is 0 Å². The van der Waals surface area contributed by atoms with E-state index in [1.165, 1.54) is 6.21 Å². The molecule has 0 bridgehead atoms. The Morgan fingerprint density at radius 1 is 1.37 bits per heavy atom. The summed E-state index contributed by atoms with van der Waals surface area (Å²) >= 11 is 4.71. The molecule has 1 heterocycles. The third-order valence-corrected chi connectivity index (χ3v) is 2.39. The van der Waals surface area contributed by atoms with Crippen LogP contribution in [0.15, 0.2) is 9.79 Å². The van der Waals surface area contributed by atoms with Gasteiger partial charge >= 0.3 is 0 Å². The van der Waals surface area contributed by atoms with Crippen LogP contribution in [-0.4, -0.2) is 54.8 Å². The highest BCUT2D eigenvalue weighted by molar-refractivity contribution is 7.71. The number of nitrogens with one attached hydrogen (secondary N) is 2. The van der Waals surface area contributed by atoms with Crippen LogP contribution in [0.2, 0.25) is 0 Å². The molecule has 0 spiro atoms. The van der Waals surface area contributed by atoms with E-state index >= 15 is 0 Å². The van der Waals surface area contributed by atoms with Crippen LogP contribution in [0.1, 0.15) is 12.0 Å². The monoisotopic (exact) mass is 287 g/mol. The van der Waals surface area contributed by atoms with Gasteiger partial charge < -0.3 is 19.6 Å². The van der Waals surface area contributed by atoms with Gasteiger partial charge in [0.25, 0.3) is 5.56 Å². The molecule has 1 aromatic rings. The maximum atomic E-state index is 11.5. The lowest BCUT2D eigenvalue weighted by Gasteiger charge is -2.01. The summed E-state index contributed by atoms with van der Waals surface area (Å²) < 4.78 is 10.2. The topological polar surface area (TPSA) is 99.7 Å². The first-order valence-electron chi connectivity index (χ1n) is 5.77. The number of aliphatic imine (C=N–C) groups is 1. The fraction of sp³-hybridized carbons (Fsp3) is 0.545. The molecule has 0 aliphatic carbocycles. The van der Waals surface area contributed by atoms with E-state index in [9.17, 15) is 9.90 Å². The second kappa shape index (κ2) is 8.57. The molecule has 3 N–H and O–H groups in total. The Morgan fingerprint density at radius 3 is 2.84 bits per heavy atom. The molecular formula is C11H17N3O4S. The minimum absolute atomic E-state index is 0.0638. The van der Waals surface area contributed by atoms with Crippen LogP contribution in [-0.2, 0) is 9.47 Å². The lowest BCUT2D eigenvalue weighted by Crippen LogP contribution is -2.13. The molecule has 0 aliphatic heterocycles. The second-order valence-electron chi connectivity index (χ2n) is 3.66. The Labute approximate surface area is 115 Å². The van der Waals surface area contributed by atoms with Gasteiger partial charge in [-0.1, -0.05) is 0 Å². The molecule has 0 atom stereocenters. The summed E-state index contributed by atoms with van der Waals surface area (Å²) in [6.07, 6.45) is 2.04. The van der Waals surface area contributed by atoms with Gasteiger partial charge in [0.05, 0.1) is 13.2 Å². The predicted molar refractivity (Wildman–Crippen MR) is 73.7 cm³/mol. The van der Waals surface area contributed by atoms with E-state index in [-0.39, 0.29) is 16.2 Å². The Morgan fingerprint density at radius 2 is 2.16 bits per heavy atom. The van der Waals surface area contributed by atoms with Crippen molar-refractivity contribution in [1.82, 2.24) is 9.97 Å². The van der Waals surface area contributed by atoms with Gasteiger partial charge in [-0.25, -0.2) is 0 Å². The van der Waals surface area contributed by atoms with Gasteiger partial charge in [0.15, 0.2) is 4.77 Å². The van der Waals surface area contributed by atoms with Crippen molar-refractivity contribution < 1.29 is 14.6 Å². The molecule has 106 valence electrons. The van der Waals surface area contributed by atoms with Gasteiger partial charge in [0, 0.05) is 26.5 Å². The quantitative estimate of drug-likeness (QED) is 0.369. The van der Waals surface area contributed by atoms with Crippen molar-refractivity contribution in [3.8, 4) is 5.88 Å². The summed E-state index contributed by atoms with van der Waals surface area (Å²) in [7, 11) is 1.61. The Bertz CT molecular complexity index is 523. The number of H-pyrrole nitrogens is 2. The SMILES string of the molecule is COCCOCCCN=Cc1c(O)[nH]c(=S)[nH]c1=O. The third-order valence-electron chi connectivity index (χ3n) is 2.19. The fourth-order valence-electron chi connectivity index (χ4n) is 1.26. The van der Waals surface area contributed by atoms with Crippen LogP contribution in [0.25, 0.3) is 0 Å². The fourth-order valence-corrected chi connectivity index (χ4v) is 1.45. The van der Waals surface area contributed by atoms with Gasteiger partial charge in [0.1, 0.15) is 5.56 Å². The molecule has 1 rings (SSSR count). The number of hydrogen-bond donors (Lipinski definition) is 3. The zero-order valence-electron chi connectivity index (χ0n) is 10.6. The number of aromatic nitrogens is 2. The van der Waals surface area contributed by atoms with Gasteiger partial charge in [-0.3, -0.25) is 14.8 Å². The Hall–Kier alpha value is -1.51. The Balaban J connectivity index is 2.37. The first-order valence-corrected chi connectivity index (χ1v) is 6.18. The standard InChI is InChI=1S/C11H17N3O4S/c1-17-5-6-18-4-2-3-12-7-8-9(15)13-11(19)14-10(8)16/h7H,2-6H2,1H3,(H3,13,14,15,16,19). The molecule has 8 heteroatoms. The van der Waals surface area contributed by atoms with Crippen LogP contribution >= 0.6 is 12.2 Å². The Kier molecular flexibility index (Phi) is 7.01. The minimum Gasteiger partial charge on any atom is -0.494 e. The van der Waals surface area contributed by atoms with Crippen molar-refractivity contribution in [3.63, 3.8) is 0 Å². The van der Waals surface area contributed by atoms with E-state index < -0.39 is 5.56 Å². The van der Waals surface area contributed by atoms with E-state index in [1.807, 2.05) is 0 Å². The zero-order chi connectivity index (χ0) is 14.1. The first-order chi connectivity index (χ1) is 9.15. The molecule has 0 amide bonds. The van der Waals surface area contributed by atoms with Crippen LogP contribution in [0.4, 0.5) is 0 Å². The van der Waals surface area contributed by atoms with Gasteiger partial charge in [-0.05, 0) is 18.6 Å². The molecule has 0 radical (unpaired) electrons. The average molecular weight is 287 g/mol. The maximum Gasteiger partial charge on any atom is 0.264 e. The number of aromatic hydroxyl groups is 1. The molecule has 0 aromatic carbocycles. The zero-order valence-corrected chi connectivity index (χ0v) is 11.5. The second-order valence-corrected chi connectivity index (χ2v) is 4.07. The van der Waals surface area contributed by atoms with Crippen molar-refractivity contribution in [2.75, 3.05) is 33.5 Å². The smallest absolute Gasteiger partial charge is 0.264 e. The molecule has 1 aromatic heterocycles. The summed E-state index contributed by atoms with van der Waals surface area (Å²) in [5, 5.41) is 9.50.